The molecule has 0 fully saturated rings. The van der Waals surface area contributed by atoms with E-state index < -0.39 is 6.04 Å². The molecule has 0 unspecified atom stereocenters. The van der Waals surface area contributed by atoms with Crippen LogP contribution in [0.2, 0.25) is 0 Å². The van der Waals surface area contributed by atoms with Crippen LogP contribution in [0.1, 0.15) is 25.3 Å². The maximum atomic E-state index is 12.8. The van der Waals surface area contributed by atoms with Gasteiger partial charge in [-0.3, -0.25) is 9.59 Å². The van der Waals surface area contributed by atoms with Crippen LogP contribution in [0.4, 0.5) is 0 Å². The molecular formula is C22H28N2O4. The van der Waals surface area contributed by atoms with Gasteiger partial charge in [0.2, 0.25) is 11.8 Å². The number of rotatable bonds is 10. The van der Waals surface area contributed by atoms with Gasteiger partial charge in [-0.05, 0) is 43.2 Å². The van der Waals surface area contributed by atoms with Crippen molar-refractivity contribution in [3.8, 4) is 11.5 Å². The maximum Gasteiger partial charge on any atom is 0.242 e. The summed E-state index contributed by atoms with van der Waals surface area (Å²) >= 11 is 0. The van der Waals surface area contributed by atoms with Crippen LogP contribution in [0.25, 0.3) is 0 Å². The third-order valence-corrected chi connectivity index (χ3v) is 4.45. The summed E-state index contributed by atoms with van der Waals surface area (Å²) in [6, 6.07) is 16.4. The van der Waals surface area contributed by atoms with Gasteiger partial charge < -0.3 is 19.7 Å². The minimum Gasteiger partial charge on any atom is -0.497 e. The minimum atomic E-state index is -0.571. The highest BCUT2D eigenvalue weighted by atomic mass is 16.5. The van der Waals surface area contributed by atoms with Crippen LogP contribution in [0.15, 0.2) is 54.6 Å². The Labute approximate surface area is 166 Å². The number of nitrogens with one attached hydrogen (secondary N) is 1. The topological polar surface area (TPSA) is 67.9 Å². The third-order valence-electron chi connectivity index (χ3n) is 4.45. The van der Waals surface area contributed by atoms with Crippen molar-refractivity contribution in [1.29, 1.82) is 0 Å². The van der Waals surface area contributed by atoms with Gasteiger partial charge in [0, 0.05) is 20.0 Å². The number of para-hydroxylation sites is 1. The predicted octanol–water partition coefficient (Wildman–Crippen LogP) is 3.02. The van der Waals surface area contributed by atoms with E-state index in [1.54, 1.807) is 26.0 Å². The second-order valence-corrected chi connectivity index (χ2v) is 6.43. The second-order valence-electron chi connectivity index (χ2n) is 6.43. The van der Waals surface area contributed by atoms with Crippen molar-refractivity contribution in [3.63, 3.8) is 0 Å². The lowest BCUT2D eigenvalue weighted by Crippen LogP contribution is -2.46. The van der Waals surface area contributed by atoms with Crippen LogP contribution < -0.4 is 14.8 Å². The summed E-state index contributed by atoms with van der Waals surface area (Å²) in [7, 11) is 3.17. The molecule has 0 radical (unpaired) electrons. The summed E-state index contributed by atoms with van der Waals surface area (Å²) in [5, 5.41) is 2.61. The van der Waals surface area contributed by atoms with E-state index >= 15 is 0 Å². The number of amides is 2. The lowest BCUT2D eigenvalue weighted by Gasteiger charge is -2.28. The summed E-state index contributed by atoms with van der Waals surface area (Å²) in [5.74, 6) is 1.21. The fraction of sp³-hybridized carbons (Fsp3) is 0.364. The molecule has 2 amide bonds. The van der Waals surface area contributed by atoms with Gasteiger partial charge in [0.05, 0.1) is 13.7 Å². The van der Waals surface area contributed by atoms with E-state index in [1.807, 2.05) is 54.6 Å². The first-order chi connectivity index (χ1) is 13.5. The number of likely N-dealkylation sites (N-methyl/N-ethyl adjacent to an activating group) is 1. The zero-order chi connectivity index (χ0) is 20.4. The van der Waals surface area contributed by atoms with Crippen LogP contribution in [-0.2, 0) is 16.1 Å². The summed E-state index contributed by atoms with van der Waals surface area (Å²) in [4.78, 5) is 26.6. The number of carbonyl (C=O) groups excluding carboxylic acids is 2. The van der Waals surface area contributed by atoms with E-state index in [4.69, 9.17) is 9.47 Å². The number of ether oxygens (including phenoxy) is 2. The van der Waals surface area contributed by atoms with E-state index in [1.165, 1.54) is 0 Å². The Bertz CT molecular complexity index is 764. The fourth-order valence-corrected chi connectivity index (χ4v) is 2.83. The van der Waals surface area contributed by atoms with Crippen LogP contribution in [0, 0.1) is 0 Å². The van der Waals surface area contributed by atoms with Crippen molar-refractivity contribution in [1.82, 2.24) is 10.2 Å². The molecule has 0 aromatic heterocycles. The van der Waals surface area contributed by atoms with Crippen molar-refractivity contribution in [2.24, 2.45) is 0 Å². The number of hydrogen-bond donors (Lipinski definition) is 1. The molecule has 2 rings (SSSR count). The number of nitrogens with zero attached hydrogens (tertiary/aromatic N) is 1. The van der Waals surface area contributed by atoms with Gasteiger partial charge in [-0.2, -0.15) is 0 Å². The summed E-state index contributed by atoms with van der Waals surface area (Å²) in [5.41, 5.74) is 0.906. The van der Waals surface area contributed by atoms with Crippen molar-refractivity contribution in [2.45, 2.75) is 32.4 Å². The smallest absolute Gasteiger partial charge is 0.242 e. The first kappa shape index (κ1) is 21.3. The maximum absolute atomic E-state index is 12.8. The molecule has 6 nitrogen and oxygen atoms in total. The van der Waals surface area contributed by atoms with Crippen molar-refractivity contribution in [2.75, 3.05) is 20.8 Å². The zero-order valence-corrected chi connectivity index (χ0v) is 16.7. The van der Waals surface area contributed by atoms with Crippen LogP contribution in [0.3, 0.4) is 0 Å². The van der Waals surface area contributed by atoms with Gasteiger partial charge in [0.1, 0.15) is 17.5 Å². The molecule has 0 saturated heterocycles. The number of benzene rings is 2. The molecule has 1 atom stereocenters. The molecule has 0 aliphatic heterocycles. The Morgan fingerprint density at radius 1 is 1.07 bits per heavy atom. The Balaban J connectivity index is 1.98. The number of methoxy groups -OCH3 is 1. The molecule has 2 aromatic rings. The average molecular weight is 384 g/mol. The number of hydrogen-bond acceptors (Lipinski definition) is 4. The molecule has 0 heterocycles. The SMILES string of the molecule is CNC(=O)[C@@H](C)N(Cc1cccc(OC)c1)C(=O)CCCOc1ccccc1. The van der Waals surface area contributed by atoms with Crippen molar-refractivity contribution < 1.29 is 19.1 Å². The Morgan fingerprint density at radius 3 is 2.46 bits per heavy atom. The molecule has 2 aromatic carbocycles. The van der Waals surface area contributed by atoms with E-state index in [0.29, 0.717) is 31.7 Å². The summed E-state index contributed by atoms with van der Waals surface area (Å²) in [6.07, 6.45) is 0.876. The molecule has 150 valence electrons. The van der Waals surface area contributed by atoms with Gasteiger partial charge in [-0.25, -0.2) is 0 Å². The van der Waals surface area contributed by atoms with Crippen LogP contribution >= 0.6 is 0 Å². The van der Waals surface area contributed by atoms with Gasteiger partial charge in [0.15, 0.2) is 0 Å². The Morgan fingerprint density at radius 2 is 1.79 bits per heavy atom. The van der Waals surface area contributed by atoms with Gasteiger partial charge >= 0.3 is 0 Å². The minimum absolute atomic E-state index is 0.0874. The highest BCUT2D eigenvalue weighted by Gasteiger charge is 2.25. The monoisotopic (exact) mass is 384 g/mol. The predicted molar refractivity (Wildman–Crippen MR) is 108 cm³/mol. The molecule has 0 spiro atoms. The first-order valence-electron chi connectivity index (χ1n) is 9.37. The summed E-state index contributed by atoms with van der Waals surface area (Å²) < 4.78 is 10.9. The van der Waals surface area contributed by atoms with E-state index in [0.717, 1.165) is 11.3 Å². The molecule has 1 N–H and O–H groups in total. The highest BCUT2D eigenvalue weighted by Crippen LogP contribution is 2.17. The molecule has 28 heavy (non-hydrogen) atoms. The van der Waals surface area contributed by atoms with Gasteiger partial charge in [-0.1, -0.05) is 30.3 Å². The third kappa shape index (κ3) is 6.30. The van der Waals surface area contributed by atoms with E-state index in [9.17, 15) is 9.59 Å². The standard InChI is InChI=1S/C22H28N2O4/c1-17(22(26)23-2)24(16-18-9-7-12-20(15-18)27-3)21(25)13-8-14-28-19-10-5-4-6-11-19/h4-7,9-12,15,17H,8,13-14,16H2,1-3H3,(H,23,26)/t17-/m1/s1. The molecule has 0 aliphatic rings. The average Bonchev–Trinajstić information content (AvgIpc) is 2.74. The molecule has 0 saturated carbocycles. The second kappa shape index (κ2) is 11.0. The zero-order valence-electron chi connectivity index (χ0n) is 16.7. The lowest BCUT2D eigenvalue weighted by atomic mass is 10.1. The largest absolute Gasteiger partial charge is 0.497 e. The first-order valence-corrected chi connectivity index (χ1v) is 9.37. The number of carbonyl (C=O) groups is 2. The fourth-order valence-electron chi connectivity index (χ4n) is 2.83. The Kier molecular flexibility index (Phi) is 8.34. The van der Waals surface area contributed by atoms with E-state index in [-0.39, 0.29) is 11.8 Å². The van der Waals surface area contributed by atoms with Crippen molar-refractivity contribution in [3.05, 3.63) is 60.2 Å². The quantitative estimate of drug-likeness (QED) is 0.640. The molecule has 6 heteroatoms. The molecular weight excluding hydrogens is 356 g/mol. The van der Waals surface area contributed by atoms with Crippen LogP contribution in [-0.4, -0.2) is 43.5 Å². The van der Waals surface area contributed by atoms with Crippen molar-refractivity contribution >= 4 is 11.8 Å². The molecule has 0 aliphatic carbocycles. The Hall–Kier alpha value is -3.02. The van der Waals surface area contributed by atoms with Gasteiger partial charge in [0.25, 0.3) is 0 Å². The molecule has 0 bridgehead atoms. The summed E-state index contributed by atoms with van der Waals surface area (Å²) in [6.45, 7) is 2.51. The van der Waals surface area contributed by atoms with E-state index in [2.05, 4.69) is 5.32 Å². The normalized spacial score (nSPS) is 11.4. The van der Waals surface area contributed by atoms with Crippen LogP contribution in [0.5, 0.6) is 11.5 Å². The lowest BCUT2D eigenvalue weighted by molar-refractivity contribution is -0.140. The van der Waals surface area contributed by atoms with Gasteiger partial charge in [-0.15, -0.1) is 0 Å². The highest BCUT2D eigenvalue weighted by molar-refractivity contribution is 5.87.